The standard InChI is InChI=1S/C14H21ClN2O2/c1-9(2)7-14(3,19)8-17-13(18)10-4-5-11(15)12(16)6-10/h4-6,9,19H,7-8,16H2,1-3H3,(H,17,18). The average Bonchev–Trinajstić information content (AvgIpc) is 2.28. The lowest BCUT2D eigenvalue weighted by Gasteiger charge is -2.25. The minimum Gasteiger partial charge on any atom is -0.398 e. The van der Waals surface area contributed by atoms with Crippen molar-refractivity contribution in [3.63, 3.8) is 0 Å². The Morgan fingerprint density at radius 2 is 2.16 bits per heavy atom. The molecule has 0 aromatic heterocycles. The Morgan fingerprint density at radius 1 is 1.53 bits per heavy atom. The molecule has 19 heavy (non-hydrogen) atoms. The smallest absolute Gasteiger partial charge is 0.251 e. The van der Waals surface area contributed by atoms with Crippen molar-refractivity contribution in [2.24, 2.45) is 5.92 Å². The highest BCUT2D eigenvalue weighted by atomic mass is 35.5. The topological polar surface area (TPSA) is 75.3 Å². The second-order valence-electron chi connectivity index (χ2n) is 5.51. The first kappa shape index (κ1) is 15.8. The van der Waals surface area contributed by atoms with Crippen LogP contribution in [0.4, 0.5) is 5.69 Å². The first-order valence-electron chi connectivity index (χ1n) is 6.27. The summed E-state index contributed by atoms with van der Waals surface area (Å²) in [5, 5.41) is 13.2. The molecule has 1 aromatic rings. The van der Waals surface area contributed by atoms with E-state index in [0.29, 0.717) is 28.6 Å². The Labute approximate surface area is 118 Å². The minimum absolute atomic E-state index is 0.201. The fourth-order valence-electron chi connectivity index (χ4n) is 2.01. The summed E-state index contributed by atoms with van der Waals surface area (Å²) in [4.78, 5) is 11.9. The maximum Gasteiger partial charge on any atom is 0.251 e. The van der Waals surface area contributed by atoms with E-state index >= 15 is 0 Å². The molecule has 0 aliphatic rings. The molecule has 1 amide bonds. The molecule has 0 saturated carbocycles. The molecule has 0 aliphatic carbocycles. The van der Waals surface area contributed by atoms with Gasteiger partial charge in [-0.25, -0.2) is 0 Å². The Balaban J connectivity index is 2.62. The van der Waals surface area contributed by atoms with Gasteiger partial charge in [0.1, 0.15) is 0 Å². The summed E-state index contributed by atoms with van der Waals surface area (Å²) in [5.74, 6) is 0.0884. The second kappa shape index (κ2) is 6.26. The molecule has 0 spiro atoms. The minimum atomic E-state index is -0.915. The normalized spacial score (nSPS) is 14.2. The second-order valence-corrected chi connectivity index (χ2v) is 5.92. The maximum atomic E-state index is 11.9. The third-order valence-corrected chi connectivity index (χ3v) is 3.08. The number of anilines is 1. The molecule has 0 radical (unpaired) electrons. The molecule has 0 aliphatic heterocycles. The Hall–Kier alpha value is -1.26. The van der Waals surface area contributed by atoms with E-state index < -0.39 is 5.60 Å². The number of aliphatic hydroxyl groups is 1. The lowest BCUT2D eigenvalue weighted by molar-refractivity contribution is 0.0368. The van der Waals surface area contributed by atoms with E-state index in [9.17, 15) is 9.90 Å². The highest BCUT2D eigenvalue weighted by Gasteiger charge is 2.22. The number of halogens is 1. The predicted octanol–water partition coefficient (Wildman–Crippen LogP) is 2.45. The van der Waals surface area contributed by atoms with E-state index in [4.69, 9.17) is 17.3 Å². The molecule has 1 atom stereocenters. The van der Waals surface area contributed by atoms with Crippen molar-refractivity contribution in [2.45, 2.75) is 32.8 Å². The number of nitrogens with one attached hydrogen (secondary N) is 1. The quantitative estimate of drug-likeness (QED) is 0.727. The molecule has 1 unspecified atom stereocenters. The van der Waals surface area contributed by atoms with E-state index in [-0.39, 0.29) is 12.5 Å². The Morgan fingerprint density at radius 3 is 2.68 bits per heavy atom. The van der Waals surface area contributed by atoms with E-state index in [1.807, 2.05) is 13.8 Å². The first-order chi connectivity index (χ1) is 8.71. The molecule has 0 bridgehead atoms. The molecule has 106 valence electrons. The van der Waals surface area contributed by atoms with Crippen LogP contribution in [0.25, 0.3) is 0 Å². The number of nitrogens with two attached hydrogens (primary N) is 1. The van der Waals surface area contributed by atoms with Gasteiger partial charge in [-0.2, -0.15) is 0 Å². The van der Waals surface area contributed by atoms with Gasteiger partial charge in [0, 0.05) is 12.1 Å². The van der Waals surface area contributed by atoms with Crippen molar-refractivity contribution in [3.8, 4) is 0 Å². The van der Waals surface area contributed by atoms with Crippen LogP contribution in [0.3, 0.4) is 0 Å². The first-order valence-corrected chi connectivity index (χ1v) is 6.64. The zero-order valence-corrected chi connectivity index (χ0v) is 12.3. The highest BCUT2D eigenvalue weighted by molar-refractivity contribution is 6.33. The summed E-state index contributed by atoms with van der Waals surface area (Å²) in [6.07, 6.45) is 0.621. The average molecular weight is 285 g/mol. The predicted molar refractivity (Wildman–Crippen MR) is 78.3 cm³/mol. The number of rotatable bonds is 5. The monoisotopic (exact) mass is 284 g/mol. The van der Waals surface area contributed by atoms with Gasteiger partial charge in [0.2, 0.25) is 0 Å². The van der Waals surface area contributed by atoms with Gasteiger partial charge in [0.15, 0.2) is 0 Å². The van der Waals surface area contributed by atoms with Crippen molar-refractivity contribution < 1.29 is 9.90 Å². The molecular formula is C14H21ClN2O2. The summed E-state index contributed by atoms with van der Waals surface area (Å²) in [6, 6.07) is 4.71. The zero-order valence-electron chi connectivity index (χ0n) is 11.5. The van der Waals surface area contributed by atoms with Crippen molar-refractivity contribution in [2.75, 3.05) is 12.3 Å². The van der Waals surface area contributed by atoms with Crippen molar-refractivity contribution >= 4 is 23.2 Å². The number of benzene rings is 1. The van der Waals surface area contributed by atoms with Gasteiger partial charge >= 0.3 is 0 Å². The van der Waals surface area contributed by atoms with Gasteiger partial charge in [-0.15, -0.1) is 0 Å². The lowest BCUT2D eigenvalue weighted by Crippen LogP contribution is -2.41. The van der Waals surface area contributed by atoms with E-state index in [1.54, 1.807) is 19.1 Å². The summed E-state index contributed by atoms with van der Waals surface area (Å²) in [6.45, 7) is 5.96. The lowest BCUT2D eigenvalue weighted by atomic mass is 9.94. The van der Waals surface area contributed by atoms with Crippen LogP contribution >= 0.6 is 11.6 Å². The molecule has 5 heteroatoms. The van der Waals surface area contributed by atoms with E-state index in [2.05, 4.69) is 5.32 Å². The molecule has 0 fully saturated rings. The van der Waals surface area contributed by atoms with Crippen molar-refractivity contribution in [3.05, 3.63) is 28.8 Å². The van der Waals surface area contributed by atoms with Crippen LogP contribution < -0.4 is 11.1 Å². The van der Waals surface area contributed by atoms with Crippen LogP contribution in [0.1, 0.15) is 37.6 Å². The molecular weight excluding hydrogens is 264 g/mol. The highest BCUT2D eigenvalue weighted by Crippen LogP contribution is 2.20. The number of carbonyl (C=O) groups excluding carboxylic acids is 1. The maximum absolute atomic E-state index is 11.9. The number of nitrogen functional groups attached to an aromatic ring is 1. The van der Waals surface area contributed by atoms with Crippen LogP contribution in [-0.2, 0) is 0 Å². The number of carbonyl (C=O) groups is 1. The summed E-state index contributed by atoms with van der Waals surface area (Å²) in [7, 11) is 0. The van der Waals surface area contributed by atoms with Crippen LogP contribution in [0.5, 0.6) is 0 Å². The third-order valence-electron chi connectivity index (χ3n) is 2.74. The zero-order chi connectivity index (χ0) is 14.6. The summed E-state index contributed by atoms with van der Waals surface area (Å²) >= 11 is 5.80. The summed E-state index contributed by atoms with van der Waals surface area (Å²) < 4.78 is 0. The molecule has 1 rings (SSSR count). The van der Waals surface area contributed by atoms with Gasteiger partial charge in [0.05, 0.1) is 16.3 Å². The number of hydrogen-bond donors (Lipinski definition) is 3. The van der Waals surface area contributed by atoms with Crippen LogP contribution in [0, 0.1) is 5.92 Å². The third kappa shape index (κ3) is 5.09. The van der Waals surface area contributed by atoms with Crippen molar-refractivity contribution in [1.29, 1.82) is 0 Å². The Bertz CT molecular complexity index is 459. The fraction of sp³-hybridized carbons (Fsp3) is 0.500. The largest absolute Gasteiger partial charge is 0.398 e. The summed E-state index contributed by atoms with van der Waals surface area (Å²) in [5.41, 5.74) is 5.53. The van der Waals surface area contributed by atoms with Gasteiger partial charge in [-0.3, -0.25) is 4.79 Å². The SMILES string of the molecule is CC(C)CC(C)(O)CNC(=O)c1ccc(Cl)c(N)c1. The number of amides is 1. The van der Waals surface area contributed by atoms with Gasteiger partial charge in [0.25, 0.3) is 5.91 Å². The van der Waals surface area contributed by atoms with Gasteiger partial charge in [-0.1, -0.05) is 25.4 Å². The molecule has 4 nitrogen and oxygen atoms in total. The van der Waals surface area contributed by atoms with Gasteiger partial charge < -0.3 is 16.2 Å². The molecule has 4 N–H and O–H groups in total. The van der Waals surface area contributed by atoms with Crippen LogP contribution in [-0.4, -0.2) is 23.2 Å². The number of hydrogen-bond acceptors (Lipinski definition) is 3. The molecule has 0 heterocycles. The molecule has 1 aromatic carbocycles. The van der Waals surface area contributed by atoms with E-state index in [0.717, 1.165) is 0 Å². The fourth-order valence-corrected chi connectivity index (χ4v) is 2.13. The van der Waals surface area contributed by atoms with Crippen molar-refractivity contribution in [1.82, 2.24) is 5.32 Å². The van der Waals surface area contributed by atoms with Gasteiger partial charge in [-0.05, 0) is 37.5 Å². The van der Waals surface area contributed by atoms with Crippen LogP contribution in [0.2, 0.25) is 5.02 Å². The Kier molecular flexibility index (Phi) is 5.20. The molecule has 0 saturated heterocycles. The van der Waals surface area contributed by atoms with E-state index in [1.165, 1.54) is 6.07 Å². The van der Waals surface area contributed by atoms with Crippen LogP contribution in [0.15, 0.2) is 18.2 Å².